The van der Waals surface area contributed by atoms with Crippen LogP contribution >= 0.6 is 0 Å². The molecule has 2 atom stereocenters. The molecule has 4 heteroatoms. The number of ether oxygens (including phenoxy) is 1. The zero-order valence-corrected chi connectivity index (χ0v) is 12.7. The number of benzene rings is 1. The van der Waals surface area contributed by atoms with Gasteiger partial charge in [0.25, 0.3) is 0 Å². The maximum Gasteiger partial charge on any atom is 0.162 e. The average Bonchev–Trinajstić information content (AvgIpc) is 2.52. The van der Waals surface area contributed by atoms with E-state index in [-0.39, 0.29) is 5.92 Å². The summed E-state index contributed by atoms with van der Waals surface area (Å²) < 4.78 is 32.8. The largest absolute Gasteiger partial charge is 0.385 e. The zero-order valence-electron chi connectivity index (χ0n) is 12.7. The smallest absolute Gasteiger partial charge is 0.162 e. The number of hydrogen-bond acceptors (Lipinski definition) is 2. The summed E-state index contributed by atoms with van der Waals surface area (Å²) in [4.78, 5) is 0. The van der Waals surface area contributed by atoms with E-state index >= 15 is 0 Å². The summed E-state index contributed by atoms with van der Waals surface area (Å²) >= 11 is 0. The first-order chi connectivity index (χ1) is 10.2. The fourth-order valence-corrected chi connectivity index (χ4v) is 3.28. The van der Waals surface area contributed by atoms with Crippen molar-refractivity contribution in [1.82, 2.24) is 5.32 Å². The molecule has 0 unspecified atom stereocenters. The standard InChI is InChI=1S/C17H25F2NO/c1-21-11-3-2-7-14(13-6-5-10-20-12-13)15-8-4-9-16(18)17(15)19/h4,8-9,13-14,20H,2-3,5-7,10-12H2,1H3/t13-,14-/m0/s1. The first-order valence-corrected chi connectivity index (χ1v) is 7.87. The van der Waals surface area contributed by atoms with E-state index in [0.717, 1.165) is 51.8 Å². The number of methoxy groups -OCH3 is 1. The maximum atomic E-state index is 14.2. The topological polar surface area (TPSA) is 21.3 Å². The van der Waals surface area contributed by atoms with Crippen LogP contribution in [0.5, 0.6) is 0 Å². The van der Waals surface area contributed by atoms with Crippen molar-refractivity contribution in [3.63, 3.8) is 0 Å². The Kier molecular flexibility index (Phi) is 6.58. The lowest BCUT2D eigenvalue weighted by molar-refractivity contribution is 0.189. The lowest BCUT2D eigenvalue weighted by Gasteiger charge is -2.31. The SMILES string of the molecule is COCCCC[C@H](c1cccc(F)c1F)[C@H]1CCCNC1. The van der Waals surface area contributed by atoms with Crippen LogP contribution < -0.4 is 5.32 Å². The average molecular weight is 297 g/mol. The Balaban J connectivity index is 2.11. The van der Waals surface area contributed by atoms with Crippen molar-refractivity contribution in [1.29, 1.82) is 0 Å². The van der Waals surface area contributed by atoms with Crippen molar-refractivity contribution in [2.45, 2.75) is 38.0 Å². The summed E-state index contributed by atoms with van der Waals surface area (Å²) in [5.74, 6) is -0.930. The molecular formula is C17H25F2NO. The van der Waals surface area contributed by atoms with Crippen molar-refractivity contribution in [2.75, 3.05) is 26.8 Å². The molecule has 1 saturated heterocycles. The van der Waals surface area contributed by atoms with Gasteiger partial charge in [-0.1, -0.05) is 18.6 Å². The minimum Gasteiger partial charge on any atom is -0.385 e. The van der Waals surface area contributed by atoms with Gasteiger partial charge in [0.15, 0.2) is 11.6 Å². The summed E-state index contributed by atoms with van der Waals surface area (Å²) in [5.41, 5.74) is 0.543. The molecule has 1 aromatic rings. The predicted octanol–water partition coefficient (Wildman–Crippen LogP) is 3.86. The summed E-state index contributed by atoms with van der Waals surface area (Å²) in [7, 11) is 1.69. The molecule has 0 aliphatic carbocycles. The number of piperidine rings is 1. The van der Waals surface area contributed by atoms with E-state index in [0.29, 0.717) is 11.5 Å². The molecule has 1 N–H and O–H groups in total. The van der Waals surface area contributed by atoms with Crippen molar-refractivity contribution in [3.8, 4) is 0 Å². The molecule has 21 heavy (non-hydrogen) atoms. The van der Waals surface area contributed by atoms with Gasteiger partial charge in [0.2, 0.25) is 0 Å². The second-order valence-electron chi connectivity index (χ2n) is 5.84. The minimum absolute atomic E-state index is 0.0883. The van der Waals surface area contributed by atoms with Crippen LogP contribution in [0.4, 0.5) is 8.78 Å². The van der Waals surface area contributed by atoms with Crippen molar-refractivity contribution >= 4 is 0 Å². The second-order valence-corrected chi connectivity index (χ2v) is 5.84. The first-order valence-electron chi connectivity index (χ1n) is 7.87. The highest BCUT2D eigenvalue weighted by atomic mass is 19.2. The van der Waals surface area contributed by atoms with E-state index in [1.54, 1.807) is 19.2 Å². The molecule has 1 heterocycles. The van der Waals surface area contributed by atoms with Gasteiger partial charge in [-0.2, -0.15) is 0 Å². The Bertz CT molecular complexity index is 433. The Hall–Kier alpha value is -1.00. The lowest BCUT2D eigenvalue weighted by atomic mass is 9.78. The first kappa shape index (κ1) is 16.4. The van der Waals surface area contributed by atoms with E-state index in [1.807, 2.05) is 0 Å². The van der Waals surface area contributed by atoms with Gasteiger partial charge in [0.05, 0.1) is 0 Å². The fraction of sp³-hybridized carbons (Fsp3) is 0.647. The summed E-state index contributed by atoms with van der Waals surface area (Å²) in [6.07, 6.45) is 5.01. The molecule has 0 radical (unpaired) electrons. The molecule has 2 rings (SSSR count). The van der Waals surface area contributed by atoms with E-state index < -0.39 is 11.6 Å². The van der Waals surface area contributed by atoms with Crippen LogP contribution in [0.3, 0.4) is 0 Å². The quantitative estimate of drug-likeness (QED) is 0.772. The molecule has 2 nitrogen and oxygen atoms in total. The predicted molar refractivity (Wildman–Crippen MR) is 80.4 cm³/mol. The number of unbranched alkanes of at least 4 members (excludes halogenated alkanes) is 1. The van der Waals surface area contributed by atoms with E-state index in [9.17, 15) is 8.78 Å². The molecule has 1 aromatic carbocycles. The number of nitrogens with one attached hydrogen (secondary N) is 1. The summed E-state index contributed by atoms with van der Waals surface area (Å²) in [6, 6.07) is 4.56. The third kappa shape index (κ3) is 4.48. The normalized spacial score (nSPS) is 20.4. The van der Waals surface area contributed by atoms with Gasteiger partial charge in [0.1, 0.15) is 0 Å². The van der Waals surface area contributed by atoms with Gasteiger partial charge in [-0.05, 0) is 62.2 Å². The molecule has 0 aromatic heterocycles. The fourth-order valence-electron chi connectivity index (χ4n) is 3.28. The van der Waals surface area contributed by atoms with Crippen LogP contribution in [-0.2, 0) is 4.74 Å². The molecule has 1 aliphatic rings. The third-order valence-corrected chi connectivity index (χ3v) is 4.40. The Morgan fingerprint density at radius 2 is 2.19 bits per heavy atom. The van der Waals surface area contributed by atoms with Crippen LogP contribution in [0.25, 0.3) is 0 Å². The lowest BCUT2D eigenvalue weighted by Crippen LogP contribution is -2.33. The van der Waals surface area contributed by atoms with Gasteiger partial charge >= 0.3 is 0 Å². The number of rotatable bonds is 7. The van der Waals surface area contributed by atoms with Gasteiger partial charge in [0, 0.05) is 13.7 Å². The van der Waals surface area contributed by atoms with Gasteiger partial charge in [-0.15, -0.1) is 0 Å². The van der Waals surface area contributed by atoms with E-state index in [2.05, 4.69) is 5.32 Å². The van der Waals surface area contributed by atoms with Gasteiger partial charge in [-0.25, -0.2) is 8.78 Å². The van der Waals surface area contributed by atoms with Crippen LogP contribution in [0.15, 0.2) is 18.2 Å². The molecule has 0 spiro atoms. The highest BCUT2D eigenvalue weighted by Crippen LogP contribution is 2.35. The molecule has 118 valence electrons. The van der Waals surface area contributed by atoms with Crippen LogP contribution in [0.1, 0.15) is 43.6 Å². The molecule has 1 aliphatic heterocycles. The molecule has 1 fully saturated rings. The Labute approximate surface area is 125 Å². The van der Waals surface area contributed by atoms with E-state index in [1.165, 1.54) is 6.07 Å². The van der Waals surface area contributed by atoms with Crippen LogP contribution in [-0.4, -0.2) is 26.8 Å². The molecule has 0 amide bonds. The van der Waals surface area contributed by atoms with Crippen molar-refractivity contribution in [2.24, 2.45) is 5.92 Å². The summed E-state index contributed by atoms with van der Waals surface area (Å²) in [6.45, 7) is 2.64. The van der Waals surface area contributed by atoms with Gasteiger partial charge in [-0.3, -0.25) is 0 Å². The van der Waals surface area contributed by atoms with E-state index in [4.69, 9.17) is 4.74 Å². The summed E-state index contributed by atoms with van der Waals surface area (Å²) in [5, 5.41) is 3.38. The molecular weight excluding hydrogens is 272 g/mol. The highest BCUT2D eigenvalue weighted by molar-refractivity contribution is 5.24. The van der Waals surface area contributed by atoms with Crippen LogP contribution in [0.2, 0.25) is 0 Å². The van der Waals surface area contributed by atoms with Gasteiger partial charge < -0.3 is 10.1 Å². The second kappa shape index (κ2) is 8.44. The minimum atomic E-state index is -0.738. The Morgan fingerprint density at radius 1 is 1.33 bits per heavy atom. The van der Waals surface area contributed by atoms with Crippen molar-refractivity contribution < 1.29 is 13.5 Å². The maximum absolute atomic E-state index is 14.2. The molecule has 0 bridgehead atoms. The van der Waals surface area contributed by atoms with Crippen molar-refractivity contribution in [3.05, 3.63) is 35.4 Å². The molecule has 0 saturated carbocycles. The third-order valence-electron chi connectivity index (χ3n) is 4.40. The number of hydrogen-bond donors (Lipinski definition) is 1. The Morgan fingerprint density at radius 3 is 2.90 bits per heavy atom. The zero-order chi connectivity index (χ0) is 15.1. The van der Waals surface area contributed by atoms with Crippen LogP contribution in [0, 0.1) is 17.6 Å². The monoisotopic (exact) mass is 297 g/mol. The highest BCUT2D eigenvalue weighted by Gasteiger charge is 2.27. The number of halogens is 2.